The first-order chi connectivity index (χ1) is 9.08. The summed E-state index contributed by atoms with van der Waals surface area (Å²) in [5.74, 6) is 0.0425. The molecule has 1 fully saturated rings. The number of carbonyl (C=O) groups is 2. The van der Waals surface area contributed by atoms with Crippen molar-refractivity contribution in [3.8, 4) is 0 Å². The highest BCUT2D eigenvalue weighted by Crippen LogP contribution is 2.28. The van der Waals surface area contributed by atoms with Crippen LogP contribution in [0.1, 0.15) is 23.2 Å². The van der Waals surface area contributed by atoms with E-state index in [1.807, 2.05) is 0 Å². The third kappa shape index (κ3) is 3.96. The van der Waals surface area contributed by atoms with Gasteiger partial charge in [-0.3, -0.25) is 9.59 Å². The second-order valence-corrected chi connectivity index (χ2v) is 5.47. The molecular weight excluding hydrogens is 310 g/mol. The highest BCUT2D eigenvalue weighted by atomic mass is 79.9. The lowest BCUT2D eigenvalue weighted by Gasteiger charge is -2.08. The molecule has 2 rings (SSSR count). The normalized spacial score (nSPS) is 13.9. The summed E-state index contributed by atoms with van der Waals surface area (Å²) < 4.78 is 0.832. The molecule has 19 heavy (non-hydrogen) atoms. The fourth-order valence-corrected chi connectivity index (χ4v) is 2.07. The summed E-state index contributed by atoms with van der Waals surface area (Å²) >= 11 is 3.29. The van der Waals surface area contributed by atoms with E-state index >= 15 is 0 Å². The van der Waals surface area contributed by atoms with Gasteiger partial charge in [-0.15, -0.1) is 0 Å². The molecule has 1 saturated carbocycles. The van der Waals surface area contributed by atoms with E-state index < -0.39 is 0 Å². The van der Waals surface area contributed by atoms with Crippen molar-refractivity contribution in [3.63, 3.8) is 0 Å². The summed E-state index contributed by atoms with van der Waals surface area (Å²) in [5, 5.41) is 5.51. The number of rotatable bonds is 5. The molecule has 0 spiro atoms. The van der Waals surface area contributed by atoms with Crippen LogP contribution in [0, 0.1) is 5.92 Å². The number of carbonyl (C=O) groups excluding carboxylic acids is 2. The monoisotopic (exact) mass is 325 g/mol. The number of halogens is 1. The molecule has 0 aromatic heterocycles. The predicted molar refractivity (Wildman–Crippen MR) is 76.6 cm³/mol. The van der Waals surface area contributed by atoms with E-state index in [1.54, 1.807) is 18.2 Å². The van der Waals surface area contributed by atoms with Gasteiger partial charge in [-0.05, 0) is 31.0 Å². The van der Waals surface area contributed by atoms with Crippen molar-refractivity contribution in [2.75, 3.05) is 18.8 Å². The zero-order chi connectivity index (χ0) is 13.8. The van der Waals surface area contributed by atoms with Crippen molar-refractivity contribution in [2.45, 2.75) is 12.8 Å². The zero-order valence-corrected chi connectivity index (χ0v) is 12.0. The molecule has 1 aromatic rings. The Morgan fingerprint density at radius 2 is 1.95 bits per heavy atom. The van der Waals surface area contributed by atoms with Crippen molar-refractivity contribution < 1.29 is 9.59 Å². The second-order valence-electron chi connectivity index (χ2n) is 4.55. The van der Waals surface area contributed by atoms with E-state index in [-0.39, 0.29) is 17.7 Å². The van der Waals surface area contributed by atoms with Gasteiger partial charge >= 0.3 is 0 Å². The number of nitrogen functional groups attached to an aromatic ring is 1. The van der Waals surface area contributed by atoms with Crippen LogP contribution in [0.3, 0.4) is 0 Å². The molecule has 0 radical (unpaired) electrons. The minimum absolute atomic E-state index is 0.0809. The lowest BCUT2D eigenvalue weighted by Crippen LogP contribution is -2.35. The number of amides is 2. The Morgan fingerprint density at radius 1 is 1.26 bits per heavy atom. The molecule has 0 heterocycles. The van der Waals surface area contributed by atoms with Gasteiger partial charge in [0.1, 0.15) is 0 Å². The molecule has 0 saturated heterocycles. The lowest BCUT2D eigenvalue weighted by molar-refractivity contribution is -0.122. The lowest BCUT2D eigenvalue weighted by atomic mass is 10.1. The molecule has 5 nitrogen and oxygen atoms in total. The quantitative estimate of drug-likeness (QED) is 0.563. The number of nitrogens with two attached hydrogens (primary N) is 1. The van der Waals surface area contributed by atoms with Gasteiger partial charge in [0, 0.05) is 29.2 Å². The summed E-state index contributed by atoms with van der Waals surface area (Å²) in [4.78, 5) is 23.2. The first-order valence-corrected chi connectivity index (χ1v) is 6.98. The summed E-state index contributed by atoms with van der Waals surface area (Å²) in [6, 6.07) is 5.11. The Morgan fingerprint density at radius 3 is 2.58 bits per heavy atom. The van der Waals surface area contributed by atoms with Gasteiger partial charge in [-0.1, -0.05) is 15.9 Å². The number of hydrogen-bond acceptors (Lipinski definition) is 3. The van der Waals surface area contributed by atoms with Gasteiger partial charge in [0.05, 0.1) is 5.56 Å². The summed E-state index contributed by atoms with van der Waals surface area (Å²) in [7, 11) is 0. The molecular formula is C13H16BrN3O2. The number of anilines is 1. The van der Waals surface area contributed by atoms with Gasteiger partial charge in [0.25, 0.3) is 5.91 Å². The fourth-order valence-electron chi connectivity index (χ4n) is 1.69. The average Bonchev–Trinajstić information content (AvgIpc) is 3.18. The van der Waals surface area contributed by atoms with Gasteiger partial charge < -0.3 is 16.4 Å². The molecule has 0 atom stereocenters. The zero-order valence-electron chi connectivity index (χ0n) is 10.4. The predicted octanol–water partition coefficient (Wildman–Crippen LogP) is 1.29. The molecule has 0 bridgehead atoms. The molecule has 2 amide bonds. The molecule has 102 valence electrons. The van der Waals surface area contributed by atoms with Crippen molar-refractivity contribution in [1.82, 2.24) is 10.6 Å². The molecule has 0 unspecified atom stereocenters. The van der Waals surface area contributed by atoms with Crippen LogP contribution in [0.4, 0.5) is 5.69 Å². The van der Waals surface area contributed by atoms with Crippen molar-refractivity contribution in [1.29, 1.82) is 0 Å². The fraction of sp³-hybridized carbons (Fsp3) is 0.385. The number of hydrogen-bond donors (Lipinski definition) is 3. The van der Waals surface area contributed by atoms with Crippen molar-refractivity contribution in [3.05, 3.63) is 28.2 Å². The smallest absolute Gasteiger partial charge is 0.253 e. The molecule has 1 aliphatic carbocycles. The van der Waals surface area contributed by atoms with Crippen LogP contribution in [0.2, 0.25) is 0 Å². The molecule has 6 heteroatoms. The van der Waals surface area contributed by atoms with E-state index in [0.29, 0.717) is 24.3 Å². The minimum Gasteiger partial charge on any atom is -0.398 e. The van der Waals surface area contributed by atoms with Crippen LogP contribution in [-0.4, -0.2) is 24.9 Å². The van der Waals surface area contributed by atoms with Gasteiger partial charge in [-0.25, -0.2) is 0 Å². The Bertz CT molecular complexity index is 501. The van der Waals surface area contributed by atoms with E-state index in [4.69, 9.17) is 5.73 Å². The topological polar surface area (TPSA) is 84.2 Å². The summed E-state index contributed by atoms with van der Waals surface area (Å²) in [5.41, 5.74) is 6.63. The Labute approximate surface area is 120 Å². The highest BCUT2D eigenvalue weighted by molar-refractivity contribution is 9.10. The van der Waals surface area contributed by atoms with Crippen LogP contribution in [0.15, 0.2) is 22.7 Å². The minimum atomic E-state index is -0.231. The van der Waals surface area contributed by atoms with Gasteiger partial charge in [0.2, 0.25) is 5.91 Å². The first-order valence-electron chi connectivity index (χ1n) is 6.19. The first kappa shape index (κ1) is 13.9. The Balaban J connectivity index is 1.75. The van der Waals surface area contributed by atoms with Crippen LogP contribution in [0.25, 0.3) is 0 Å². The maximum Gasteiger partial charge on any atom is 0.253 e. The standard InChI is InChI=1S/C13H16BrN3O2/c14-9-3-4-10(11(15)7-9)13(19)17-6-5-16-12(18)8-1-2-8/h3-4,7-8H,1-2,5-6,15H2,(H,16,18)(H,17,19). The van der Waals surface area contributed by atoms with Crippen LogP contribution in [-0.2, 0) is 4.79 Å². The SMILES string of the molecule is Nc1cc(Br)ccc1C(=O)NCCNC(=O)C1CC1. The number of benzene rings is 1. The van der Waals surface area contributed by atoms with Gasteiger partial charge in [0.15, 0.2) is 0 Å². The van der Waals surface area contributed by atoms with Crippen molar-refractivity contribution in [2.24, 2.45) is 5.92 Å². The van der Waals surface area contributed by atoms with Gasteiger partial charge in [-0.2, -0.15) is 0 Å². The highest BCUT2D eigenvalue weighted by Gasteiger charge is 2.28. The van der Waals surface area contributed by atoms with Crippen LogP contribution < -0.4 is 16.4 Å². The second kappa shape index (κ2) is 6.06. The third-order valence-electron chi connectivity index (χ3n) is 2.92. The molecule has 0 aliphatic heterocycles. The maximum atomic E-state index is 11.8. The maximum absolute atomic E-state index is 11.8. The van der Waals surface area contributed by atoms with Crippen LogP contribution >= 0.6 is 15.9 Å². The van der Waals surface area contributed by atoms with E-state index in [2.05, 4.69) is 26.6 Å². The summed E-state index contributed by atoms with van der Waals surface area (Å²) in [6.07, 6.45) is 1.96. The third-order valence-corrected chi connectivity index (χ3v) is 3.41. The largest absolute Gasteiger partial charge is 0.398 e. The van der Waals surface area contributed by atoms with E-state index in [0.717, 1.165) is 17.3 Å². The van der Waals surface area contributed by atoms with E-state index in [9.17, 15) is 9.59 Å². The Kier molecular flexibility index (Phi) is 4.42. The average molecular weight is 326 g/mol. The van der Waals surface area contributed by atoms with E-state index in [1.165, 1.54) is 0 Å². The molecule has 1 aliphatic rings. The number of nitrogens with one attached hydrogen (secondary N) is 2. The Hall–Kier alpha value is -1.56. The van der Waals surface area contributed by atoms with Crippen molar-refractivity contribution >= 4 is 33.4 Å². The summed E-state index contributed by atoms with van der Waals surface area (Å²) in [6.45, 7) is 0.838. The van der Waals surface area contributed by atoms with Crippen LogP contribution in [0.5, 0.6) is 0 Å². The molecule has 4 N–H and O–H groups in total. The molecule has 1 aromatic carbocycles.